The van der Waals surface area contributed by atoms with Gasteiger partial charge in [-0.25, -0.2) is 4.79 Å². The summed E-state index contributed by atoms with van der Waals surface area (Å²) in [5.41, 5.74) is 6.32. The maximum absolute atomic E-state index is 11.8. The molecule has 0 unspecified atom stereocenters. The minimum Gasteiger partial charge on any atom is -0.508 e. The van der Waals surface area contributed by atoms with Crippen molar-refractivity contribution in [3.63, 3.8) is 0 Å². The highest BCUT2D eigenvalue weighted by molar-refractivity contribution is 5.96. The average molecular weight is 282 g/mol. The molecule has 0 saturated carbocycles. The zero-order valence-electron chi connectivity index (χ0n) is 11.0. The fraction of sp³-hybridized carbons (Fsp3) is 0.0714. The van der Waals surface area contributed by atoms with E-state index in [0.29, 0.717) is 5.69 Å². The number of phenolic OH excluding ortho intramolecular Hbond substituents is 1. The van der Waals surface area contributed by atoms with Crippen molar-refractivity contribution in [1.82, 2.24) is 4.57 Å². The van der Waals surface area contributed by atoms with Gasteiger partial charge in [-0.1, -0.05) is 0 Å². The Morgan fingerprint density at radius 3 is 2.62 bits per heavy atom. The molecule has 104 valence electrons. The van der Waals surface area contributed by atoms with Gasteiger partial charge in [0, 0.05) is 12.3 Å². The number of rotatable bonds is 2. The van der Waals surface area contributed by atoms with Crippen LogP contribution in [0, 0.1) is 22.7 Å². The molecule has 7 heteroatoms. The summed E-state index contributed by atoms with van der Waals surface area (Å²) in [6.07, 6.45) is 1.34. The lowest BCUT2D eigenvalue weighted by molar-refractivity contribution is 0.0593. The van der Waals surface area contributed by atoms with E-state index >= 15 is 0 Å². The number of aromatic hydroxyl groups is 1. The van der Waals surface area contributed by atoms with E-state index in [1.165, 1.54) is 36.1 Å². The van der Waals surface area contributed by atoms with Gasteiger partial charge >= 0.3 is 5.97 Å². The molecule has 7 nitrogen and oxygen atoms in total. The van der Waals surface area contributed by atoms with Gasteiger partial charge in [-0.3, -0.25) is 0 Å². The SMILES string of the molecule is COC(=O)c1c(N)c(C#N)cn1-c1cc(O)cc(C#N)c1. The van der Waals surface area contributed by atoms with Crippen molar-refractivity contribution in [2.75, 3.05) is 12.8 Å². The van der Waals surface area contributed by atoms with Crippen LogP contribution >= 0.6 is 0 Å². The van der Waals surface area contributed by atoms with E-state index in [2.05, 4.69) is 4.74 Å². The molecule has 2 rings (SSSR count). The Morgan fingerprint density at radius 2 is 2.05 bits per heavy atom. The fourth-order valence-electron chi connectivity index (χ4n) is 1.92. The molecule has 0 aliphatic carbocycles. The number of esters is 1. The van der Waals surface area contributed by atoms with E-state index in [-0.39, 0.29) is 28.3 Å². The Kier molecular flexibility index (Phi) is 3.51. The lowest BCUT2D eigenvalue weighted by atomic mass is 10.2. The second kappa shape index (κ2) is 5.27. The smallest absolute Gasteiger partial charge is 0.357 e. The van der Waals surface area contributed by atoms with Gasteiger partial charge in [0.05, 0.1) is 35.7 Å². The summed E-state index contributed by atoms with van der Waals surface area (Å²) in [5.74, 6) is -0.874. The van der Waals surface area contributed by atoms with Crippen LogP contribution in [0.25, 0.3) is 5.69 Å². The van der Waals surface area contributed by atoms with Crippen molar-refractivity contribution in [2.45, 2.75) is 0 Å². The monoisotopic (exact) mass is 282 g/mol. The summed E-state index contributed by atoms with van der Waals surface area (Å²) >= 11 is 0. The third-order valence-corrected chi connectivity index (χ3v) is 2.85. The number of ether oxygens (including phenoxy) is 1. The standard InChI is InChI=1S/C14H10N4O3/c1-21-14(20)13-12(17)9(6-16)7-18(13)10-2-8(5-15)3-11(19)4-10/h2-4,7,19H,17H2,1H3. The first-order chi connectivity index (χ1) is 10.0. The van der Waals surface area contributed by atoms with Crippen LogP contribution in [0.3, 0.4) is 0 Å². The maximum Gasteiger partial charge on any atom is 0.357 e. The Labute approximate surface area is 120 Å². The van der Waals surface area contributed by atoms with E-state index in [9.17, 15) is 9.90 Å². The Hall–Kier alpha value is -3.45. The van der Waals surface area contributed by atoms with Crippen LogP contribution in [0.15, 0.2) is 24.4 Å². The van der Waals surface area contributed by atoms with Crippen LogP contribution in [0.1, 0.15) is 21.6 Å². The first-order valence-electron chi connectivity index (χ1n) is 5.75. The van der Waals surface area contributed by atoms with Gasteiger partial charge in [-0.15, -0.1) is 0 Å². The number of nitrogen functional groups attached to an aromatic ring is 1. The number of carbonyl (C=O) groups is 1. The van der Waals surface area contributed by atoms with Crippen molar-refractivity contribution < 1.29 is 14.6 Å². The van der Waals surface area contributed by atoms with Gasteiger partial charge in [0.25, 0.3) is 0 Å². The summed E-state index contributed by atoms with van der Waals surface area (Å²) in [6, 6.07) is 7.83. The predicted molar refractivity (Wildman–Crippen MR) is 72.6 cm³/mol. The second-order valence-electron chi connectivity index (χ2n) is 4.13. The fourth-order valence-corrected chi connectivity index (χ4v) is 1.92. The number of anilines is 1. The molecule has 1 aromatic heterocycles. The number of aromatic nitrogens is 1. The number of nitrogens with two attached hydrogens (primary N) is 1. The third kappa shape index (κ3) is 2.36. The molecule has 1 aromatic carbocycles. The quantitative estimate of drug-likeness (QED) is 0.799. The van der Waals surface area contributed by atoms with Gasteiger partial charge in [-0.05, 0) is 12.1 Å². The van der Waals surface area contributed by atoms with E-state index in [4.69, 9.17) is 16.3 Å². The number of nitriles is 2. The number of carbonyl (C=O) groups excluding carboxylic acids is 1. The van der Waals surface area contributed by atoms with Crippen molar-refractivity contribution in [3.8, 4) is 23.6 Å². The predicted octanol–water partition coefficient (Wildman–Crippen LogP) is 1.30. The molecule has 21 heavy (non-hydrogen) atoms. The largest absolute Gasteiger partial charge is 0.508 e. The lowest BCUT2D eigenvalue weighted by Crippen LogP contribution is -2.11. The van der Waals surface area contributed by atoms with Gasteiger partial charge < -0.3 is 20.1 Å². The number of nitrogens with zero attached hydrogens (tertiary/aromatic N) is 3. The molecule has 2 aromatic rings. The molecular formula is C14H10N4O3. The van der Waals surface area contributed by atoms with Gasteiger partial charge in [0.1, 0.15) is 11.8 Å². The summed E-state index contributed by atoms with van der Waals surface area (Å²) in [7, 11) is 1.19. The van der Waals surface area contributed by atoms with E-state index in [1.807, 2.05) is 12.1 Å². The van der Waals surface area contributed by atoms with Crippen LogP contribution in [-0.2, 0) is 4.74 Å². The van der Waals surface area contributed by atoms with Crippen LogP contribution in [0.5, 0.6) is 5.75 Å². The van der Waals surface area contributed by atoms with Crippen molar-refractivity contribution in [1.29, 1.82) is 10.5 Å². The Balaban J connectivity index is 2.75. The van der Waals surface area contributed by atoms with Gasteiger partial charge in [0.15, 0.2) is 5.69 Å². The molecule has 0 atom stereocenters. The number of benzene rings is 1. The van der Waals surface area contributed by atoms with Crippen molar-refractivity contribution >= 4 is 11.7 Å². The molecule has 3 N–H and O–H groups in total. The first kappa shape index (κ1) is 14.0. The molecule has 1 heterocycles. The lowest BCUT2D eigenvalue weighted by Gasteiger charge is -2.09. The normalized spacial score (nSPS) is 9.67. The Morgan fingerprint density at radius 1 is 1.33 bits per heavy atom. The minimum atomic E-state index is -0.726. The van der Waals surface area contributed by atoms with Crippen LogP contribution < -0.4 is 5.73 Å². The maximum atomic E-state index is 11.8. The van der Waals surface area contributed by atoms with Gasteiger partial charge in [0.2, 0.25) is 0 Å². The highest BCUT2D eigenvalue weighted by Crippen LogP contribution is 2.27. The number of hydrogen-bond acceptors (Lipinski definition) is 6. The third-order valence-electron chi connectivity index (χ3n) is 2.85. The molecule has 0 radical (unpaired) electrons. The molecule has 0 amide bonds. The molecule has 0 spiro atoms. The summed E-state index contributed by atoms with van der Waals surface area (Å²) in [5, 5.41) is 27.6. The molecule has 0 bridgehead atoms. The summed E-state index contributed by atoms with van der Waals surface area (Å²) in [6.45, 7) is 0. The summed E-state index contributed by atoms with van der Waals surface area (Å²) in [4.78, 5) is 11.8. The zero-order valence-corrected chi connectivity index (χ0v) is 11.0. The Bertz CT molecular complexity index is 809. The number of methoxy groups -OCH3 is 1. The molecular weight excluding hydrogens is 272 g/mol. The molecule has 0 fully saturated rings. The minimum absolute atomic E-state index is 0.0220. The van der Waals surface area contributed by atoms with Crippen molar-refractivity contribution in [2.24, 2.45) is 0 Å². The topological polar surface area (TPSA) is 125 Å². The van der Waals surface area contributed by atoms with E-state index < -0.39 is 5.97 Å². The molecule has 0 aliphatic rings. The summed E-state index contributed by atoms with van der Waals surface area (Å²) < 4.78 is 5.95. The zero-order chi connectivity index (χ0) is 15.6. The highest BCUT2D eigenvalue weighted by Gasteiger charge is 2.22. The van der Waals surface area contributed by atoms with Crippen LogP contribution in [-0.4, -0.2) is 22.8 Å². The van der Waals surface area contributed by atoms with Gasteiger partial charge in [-0.2, -0.15) is 10.5 Å². The molecule has 0 saturated heterocycles. The molecule has 0 aliphatic heterocycles. The van der Waals surface area contributed by atoms with E-state index in [1.54, 1.807) is 0 Å². The first-order valence-corrected chi connectivity index (χ1v) is 5.75. The van der Waals surface area contributed by atoms with E-state index in [0.717, 1.165) is 0 Å². The average Bonchev–Trinajstić information content (AvgIpc) is 2.82. The number of hydrogen-bond donors (Lipinski definition) is 2. The van der Waals surface area contributed by atoms with Crippen molar-refractivity contribution in [3.05, 3.63) is 41.2 Å². The second-order valence-corrected chi connectivity index (χ2v) is 4.13. The van der Waals surface area contributed by atoms with Crippen LogP contribution in [0.2, 0.25) is 0 Å². The number of phenols is 1. The van der Waals surface area contributed by atoms with Crippen LogP contribution in [0.4, 0.5) is 5.69 Å². The highest BCUT2D eigenvalue weighted by atomic mass is 16.5.